The predicted molar refractivity (Wildman–Crippen MR) is 124 cm³/mol. The third-order valence-electron chi connectivity index (χ3n) is 4.48. The smallest absolute Gasteiger partial charge is 0.326 e. The zero-order valence-electron chi connectivity index (χ0n) is 19.1. The molecule has 2 amide bonds. The third kappa shape index (κ3) is 8.59. The van der Waals surface area contributed by atoms with Crippen molar-refractivity contribution in [2.45, 2.75) is 6.10 Å². The maximum Gasteiger partial charge on any atom is 0.326 e. The molecule has 35 heavy (non-hydrogen) atoms. The molecule has 2 aromatic heterocycles. The van der Waals surface area contributed by atoms with E-state index in [-0.39, 0.29) is 56.8 Å². The number of ether oxygens (including phenoxy) is 4. The lowest BCUT2D eigenvalue weighted by molar-refractivity contribution is -0.140. The molecule has 0 radical (unpaired) electrons. The Hall–Kier alpha value is -4.19. The number of morpholine rings is 1. The van der Waals surface area contributed by atoms with Crippen LogP contribution in [0.1, 0.15) is 5.76 Å². The highest BCUT2D eigenvalue weighted by Gasteiger charge is 2.25. The van der Waals surface area contributed by atoms with Gasteiger partial charge in [0.05, 0.1) is 26.0 Å². The van der Waals surface area contributed by atoms with Crippen LogP contribution < -0.4 is 19.5 Å². The molecule has 1 atom stereocenters. The van der Waals surface area contributed by atoms with E-state index in [4.69, 9.17) is 23.4 Å². The zero-order valence-corrected chi connectivity index (χ0v) is 19.1. The second-order valence-electron chi connectivity index (χ2n) is 7.09. The molecule has 1 fully saturated rings. The van der Waals surface area contributed by atoms with Crippen molar-refractivity contribution < 1.29 is 33.0 Å². The number of rotatable bonds is 13. The van der Waals surface area contributed by atoms with Gasteiger partial charge in [-0.3, -0.25) is 9.59 Å². The fraction of sp³-hybridized carbons (Fsp3) is 0.348. The SMILES string of the molecule is C=CCOc1nc(OCC=C)nc(OCC2CN(C(=O)CNC(=O)C=Cc3ccco3)CCO2)n1. The quantitative estimate of drug-likeness (QED) is 0.323. The molecule has 0 bridgehead atoms. The molecule has 1 N–H and O–H groups in total. The van der Waals surface area contributed by atoms with E-state index in [9.17, 15) is 9.59 Å². The van der Waals surface area contributed by atoms with Crippen LogP contribution in [0, 0.1) is 0 Å². The first-order valence-corrected chi connectivity index (χ1v) is 10.8. The number of hydrogen-bond donors (Lipinski definition) is 1. The highest BCUT2D eigenvalue weighted by atomic mass is 16.6. The average Bonchev–Trinajstić information content (AvgIpc) is 3.41. The molecule has 0 aromatic carbocycles. The van der Waals surface area contributed by atoms with Gasteiger partial charge in [0.25, 0.3) is 0 Å². The van der Waals surface area contributed by atoms with Gasteiger partial charge in [-0.25, -0.2) is 0 Å². The number of furan rings is 1. The summed E-state index contributed by atoms with van der Waals surface area (Å²) in [6.07, 6.45) is 7.00. The van der Waals surface area contributed by atoms with Gasteiger partial charge < -0.3 is 33.6 Å². The van der Waals surface area contributed by atoms with Gasteiger partial charge in [0.1, 0.15) is 31.7 Å². The van der Waals surface area contributed by atoms with Crippen molar-refractivity contribution in [3.8, 4) is 18.0 Å². The third-order valence-corrected chi connectivity index (χ3v) is 4.48. The normalized spacial score (nSPS) is 15.4. The van der Waals surface area contributed by atoms with Gasteiger partial charge >= 0.3 is 18.0 Å². The summed E-state index contributed by atoms with van der Waals surface area (Å²) < 4.78 is 27.2. The Labute approximate surface area is 202 Å². The van der Waals surface area contributed by atoms with Crippen LogP contribution in [-0.4, -0.2) is 83.8 Å². The van der Waals surface area contributed by atoms with Crippen LogP contribution in [0.2, 0.25) is 0 Å². The van der Waals surface area contributed by atoms with E-state index in [0.29, 0.717) is 18.9 Å². The monoisotopic (exact) mass is 485 g/mol. The Balaban J connectivity index is 1.48. The molecular formula is C23H27N5O7. The standard InChI is InChI=1S/C23H27N5O7/c1-3-10-33-21-25-22(34-11-4-2)27-23(26-21)35-16-18-15-28(9-13-32-18)20(30)14-24-19(29)8-7-17-6-5-12-31-17/h3-8,12,18H,1-2,9-11,13-16H2,(H,24,29). The summed E-state index contributed by atoms with van der Waals surface area (Å²) in [5.74, 6) is -0.0976. The lowest BCUT2D eigenvalue weighted by atomic mass is 10.2. The summed E-state index contributed by atoms with van der Waals surface area (Å²) in [6.45, 7) is 8.49. The lowest BCUT2D eigenvalue weighted by Crippen LogP contribution is -2.50. The van der Waals surface area contributed by atoms with E-state index in [2.05, 4.69) is 33.4 Å². The summed E-state index contributed by atoms with van der Waals surface area (Å²) in [5.41, 5.74) is 0. The molecule has 3 heterocycles. The maximum atomic E-state index is 12.5. The van der Waals surface area contributed by atoms with Crippen molar-refractivity contribution in [2.24, 2.45) is 0 Å². The first-order valence-electron chi connectivity index (χ1n) is 10.8. The highest BCUT2D eigenvalue weighted by Crippen LogP contribution is 2.16. The van der Waals surface area contributed by atoms with E-state index in [1.54, 1.807) is 29.2 Å². The van der Waals surface area contributed by atoms with Crippen LogP contribution >= 0.6 is 0 Å². The van der Waals surface area contributed by atoms with Crippen LogP contribution in [0.3, 0.4) is 0 Å². The lowest BCUT2D eigenvalue weighted by Gasteiger charge is -2.32. The van der Waals surface area contributed by atoms with Crippen LogP contribution in [0.15, 0.2) is 54.2 Å². The molecule has 186 valence electrons. The fourth-order valence-electron chi connectivity index (χ4n) is 2.87. The van der Waals surface area contributed by atoms with Gasteiger partial charge in [-0.15, -0.1) is 15.0 Å². The molecule has 2 aromatic rings. The van der Waals surface area contributed by atoms with E-state index in [1.807, 2.05) is 0 Å². The molecule has 3 rings (SSSR count). The summed E-state index contributed by atoms with van der Waals surface area (Å²) in [4.78, 5) is 38.3. The van der Waals surface area contributed by atoms with E-state index in [0.717, 1.165) is 0 Å². The predicted octanol–water partition coefficient (Wildman–Crippen LogP) is 1.03. The maximum absolute atomic E-state index is 12.5. The van der Waals surface area contributed by atoms with Gasteiger partial charge in [-0.2, -0.15) is 0 Å². The summed E-state index contributed by atoms with van der Waals surface area (Å²) in [6, 6.07) is 3.46. The first-order chi connectivity index (χ1) is 17.1. The largest absolute Gasteiger partial charge is 0.465 e. The Bertz CT molecular complexity index is 995. The number of hydrogen-bond acceptors (Lipinski definition) is 10. The minimum atomic E-state index is -0.422. The van der Waals surface area contributed by atoms with E-state index in [1.165, 1.54) is 18.4 Å². The number of nitrogens with zero attached hydrogens (tertiary/aromatic N) is 4. The van der Waals surface area contributed by atoms with E-state index >= 15 is 0 Å². The molecule has 12 heteroatoms. The summed E-state index contributed by atoms with van der Waals surface area (Å²) in [5, 5.41) is 2.56. The van der Waals surface area contributed by atoms with Gasteiger partial charge in [0.15, 0.2) is 0 Å². The Morgan fingerprint density at radius 1 is 1.11 bits per heavy atom. The van der Waals surface area contributed by atoms with Gasteiger partial charge in [-0.1, -0.05) is 25.3 Å². The highest BCUT2D eigenvalue weighted by molar-refractivity contribution is 5.94. The van der Waals surface area contributed by atoms with Crippen molar-refractivity contribution >= 4 is 17.9 Å². The Kier molecular flexibility index (Phi) is 9.81. The number of nitrogens with one attached hydrogen (secondary N) is 1. The average molecular weight is 485 g/mol. The zero-order chi connectivity index (χ0) is 24.9. The second kappa shape index (κ2) is 13.5. The Morgan fingerprint density at radius 3 is 2.43 bits per heavy atom. The molecule has 12 nitrogen and oxygen atoms in total. The van der Waals surface area contributed by atoms with Crippen LogP contribution in [0.25, 0.3) is 6.08 Å². The molecule has 1 aliphatic rings. The number of amides is 2. The molecule has 1 saturated heterocycles. The molecule has 1 aliphatic heterocycles. The molecular weight excluding hydrogens is 458 g/mol. The first kappa shape index (κ1) is 25.4. The summed E-state index contributed by atoms with van der Waals surface area (Å²) in [7, 11) is 0. The number of carbonyl (C=O) groups is 2. The van der Waals surface area contributed by atoms with E-state index < -0.39 is 12.0 Å². The molecule has 0 aliphatic carbocycles. The molecule has 1 unspecified atom stereocenters. The van der Waals surface area contributed by atoms with Gasteiger partial charge in [-0.05, 0) is 18.2 Å². The molecule has 0 saturated carbocycles. The number of carbonyl (C=O) groups excluding carboxylic acids is 2. The van der Waals surface area contributed by atoms with Crippen LogP contribution in [0.5, 0.6) is 18.0 Å². The van der Waals surface area contributed by atoms with Crippen molar-refractivity contribution in [1.82, 2.24) is 25.2 Å². The van der Waals surface area contributed by atoms with Gasteiger partial charge in [0, 0.05) is 12.6 Å². The number of aromatic nitrogens is 3. The molecule has 0 spiro atoms. The van der Waals surface area contributed by atoms with Crippen molar-refractivity contribution in [3.05, 3.63) is 55.5 Å². The fourth-order valence-corrected chi connectivity index (χ4v) is 2.87. The van der Waals surface area contributed by atoms with Crippen LogP contribution in [0.4, 0.5) is 0 Å². The second-order valence-corrected chi connectivity index (χ2v) is 7.09. The van der Waals surface area contributed by atoms with Crippen molar-refractivity contribution in [3.63, 3.8) is 0 Å². The van der Waals surface area contributed by atoms with Crippen LogP contribution in [-0.2, 0) is 14.3 Å². The topological polar surface area (TPSA) is 138 Å². The summed E-state index contributed by atoms with van der Waals surface area (Å²) >= 11 is 0. The minimum Gasteiger partial charge on any atom is -0.465 e. The van der Waals surface area contributed by atoms with Crippen molar-refractivity contribution in [2.75, 3.05) is 46.1 Å². The van der Waals surface area contributed by atoms with Gasteiger partial charge in [0.2, 0.25) is 11.8 Å². The van der Waals surface area contributed by atoms with Crippen molar-refractivity contribution in [1.29, 1.82) is 0 Å². The minimum absolute atomic E-state index is 0.0132. The Morgan fingerprint density at radius 2 is 1.80 bits per heavy atom.